The van der Waals surface area contributed by atoms with Crippen molar-refractivity contribution in [2.24, 2.45) is 5.73 Å². The van der Waals surface area contributed by atoms with E-state index in [1.165, 1.54) is 12.1 Å². The van der Waals surface area contributed by atoms with Gasteiger partial charge in [-0.1, -0.05) is 22.0 Å². The van der Waals surface area contributed by atoms with Gasteiger partial charge in [-0.25, -0.2) is 8.78 Å². The second-order valence-electron chi connectivity index (χ2n) is 3.26. The van der Waals surface area contributed by atoms with Crippen molar-refractivity contribution in [3.63, 3.8) is 0 Å². The van der Waals surface area contributed by atoms with Crippen molar-refractivity contribution in [3.8, 4) is 0 Å². The average Bonchev–Trinajstić information content (AvgIpc) is 2.12. The van der Waals surface area contributed by atoms with Gasteiger partial charge in [-0.2, -0.15) is 0 Å². The Morgan fingerprint density at radius 2 is 1.88 bits per heavy atom. The Hall–Kier alpha value is -0.450. The van der Waals surface area contributed by atoms with E-state index in [4.69, 9.17) is 5.73 Å². The second kappa shape index (κ2) is 6.99. The fourth-order valence-electron chi connectivity index (χ4n) is 1.35. The van der Waals surface area contributed by atoms with E-state index in [0.29, 0.717) is 17.3 Å². The number of hydrogen-bond donors (Lipinski definition) is 1. The van der Waals surface area contributed by atoms with Gasteiger partial charge in [0.25, 0.3) is 0 Å². The van der Waals surface area contributed by atoms with Crippen LogP contribution >= 0.6 is 28.3 Å². The highest BCUT2D eigenvalue weighted by molar-refractivity contribution is 9.10. The zero-order valence-corrected chi connectivity index (χ0v) is 11.0. The fourth-order valence-corrected chi connectivity index (χ4v) is 1.75. The van der Waals surface area contributed by atoms with Crippen molar-refractivity contribution >= 4 is 28.3 Å². The van der Waals surface area contributed by atoms with Crippen LogP contribution in [0.4, 0.5) is 8.78 Å². The zero-order valence-electron chi connectivity index (χ0n) is 8.55. The highest BCUT2D eigenvalue weighted by atomic mass is 79.9. The molecule has 0 unspecified atom stereocenters. The Kier molecular flexibility index (Phi) is 6.79. The molecule has 1 atom stereocenters. The van der Waals surface area contributed by atoms with Gasteiger partial charge < -0.3 is 5.73 Å². The molecule has 1 aromatic rings. The highest BCUT2D eigenvalue weighted by Gasteiger charge is 2.16. The largest absolute Gasteiger partial charge is 0.324 e. The Balaban J connectivity index is 0.00000225. The summed E-state index contributed by atoms with van der Waals surface area (Å²) >= 11 is 3.01. The molecule has 0 aliphatic heterocycles. The molecule has 1 nitrogen and oxygen atoms in total. The molecular formula is C11H13BrClF2N. The van der Waals surface area contributed by atoms with E-state index in [9.17, 15) is 8.78 Å². The topological polar surface area (TPSA) is 26.0 Å². The van der Waals surface area contributed by atoms with Gasteiger partial charge in [-0.3, -0.25) is 0 Å². The van der Waals surface area contributed by atoms with Crippen molar-refractivity contribution in [3.05, 3.63) is 46.5 Å². The average molecular weight is 313 g/mol. The van der Waals surface area contributed by atoms with E-state index in [0.717, 1.165) is 0 Å². The molecule has 0 saturated heterocycles. The minimum absolute atomic E-state index is 0. The Morgan fingerprint density at radius 1 is 1.38 bits per heavy atom. The fraction of sp³-hybridized carbons (Fsp3) is 0.273. The summed E-state index contributed by atoms with van der Waals surface area (Å²) in [5.74, 6) is -1.23. The van der Waals surface area contributed by atoms with Gasteiger partial charge in [0, 0.05) is 16.1 Å². The lowest BCUT2D eigenvalue weighted by atomic mass is 10.0. The van der Waals surface area contributed by atoms with Crippen LogP contribution in [0.5, 0.6) is 0 Å². The van der Waals surface area contributed by atoms with Crippen molar-refractivity contribution < 1.29 is 8.78 Å². The van der Waals surface area contributed by atoms with Crippen LogP contribution in [0, 0.1) is 11.6 Å². The summed E-state index contributed by atoms with van der Waals surface area (Å²) in [4.78, 5) is 0. The first kappa shape index (κ1) is 15.5. The van der Waals surface area contributed by atoms with Gasteiger partial charge in [-0.05, 0) is 25.0 Å². The molecule has 16 heavy (non-hydrogen) atoms. The molecule has 1 aromatic carbocycles. The molecule has 0 saturated carbocycles. The van der Waals surface area contributed by atoms with Crippen LogP contribution in [-0.4, -0.2) is 0 Å². The van der Waals surface area contributed by atoms with Crippen molar-refractivity contribution in [2.75, 3.05) is 0 Å². The number of allylic oxidation sites excluding steroid dienone is 1. The van der Waals surface area contributed by atoms with Crippen molar-refractivity contribution in [1.82, 2.24) is 0 Å². The molecule has 0 spiro atoms. The van der Waals surface area contributed by atoms with Gasteiger partial charge in [0.15, 0.2) is 0 Å². The lowest BCUT2D eigenvalue weighted by Gasteiger charge is -2.13. The first-order valence-electron chi connectivity index (χ1n) is 4.57. The quantitative estimate of drug-likeness (QED) is 0.832. The molecule has 90 valence electrons. The van der Waals surface area contributed by atoms with Crippen LogP contribution in [0.15, 0.2) is 29.3 Å². The van der Waals surface area contributed by atoms with E-state index >= 15 is 0 Å². The predicted molar refractivity (Wildman–Crippen MR) is 67.7 cm³/mol. The number of hydrogen-bond acceptors (Lipinski definition) is 1. The second-order valence-corrected chi connectivity index (χ2v) is 4.17. The SMILES string of the molecule is C=CCC[C@@H](N)c1c(F)cc(Br)cc1F.Cl. The maximum Gasteiger partial charge on any atom is 0.132 e. The maximum atomic E-state index is 13.4. The minimum atomic E-state index is -0.629. The van der Waals surface area contributed by atoms with Crippen LogP contribution in [-0.2, 0) is 0 Å². The van der Waals surface area contributed by atoms with Gasteiger partial charge in [0.1, 0.15) is 11.6 Å². The predicted octanol–water partition coefficient (Wildman–Crippen LogP) is 4.12. The third-order valence-electron chi connectivity index (χ3n) is 2.10. The van der Waals surface area contributed by atoms with Gasteiger partial charge in [-0.15, -0.1) is 19.0 Å². The summed E-state index contributed by atoms with van der Waals surface area (Å²) < 4.78 is 27.2. The molecule has 0 bridgehead atoms. The lowest BCUT2D eigenvalue weighted by Crippen LogP contribution is -2.14. The maximum absolute atomic E-state index is 13.4. The summed E-state index contributed by atoms with van der Waals surface area (Å²) in [5, 5.41) is 0. The molecule has 5 heteroatoms. The summed E-state index contributed by atoms with van der Waals surface area (Å²) in [5.41, 5.74) is 5.63. The van der Waals surface area contributed by atoms with E-state index in [1.54, 1.807) is 6.08 Å². The van der Waals surface area contributed by atoms with E-state index in [1.807, 2.05) is 0 Å². The zero-order chi connectivity index (χ0) is 11.4. The molecule has 0 radical (unpaired) electrons. The van der Waals surface area contributed by atoms with E-state index < -0.39 is 17.7 Å². The highest BCUT2D eigenvalue weighted by Crippen LogP contribution is 2.25. The number of benzene rings is 1. The molecule has 0 heterocycles. The van der Waals surface area contributed by atoms with Crippen molar-refractivity contribution in [2.45, 2.75) is 18.9 Å². The normalized spacial score (nSPS) is 11.8. The lowest BCUT2D eigenvalue weighted by molar-refractivity contribution is 0.513. The van der Waals surface area contributed by atoms with Gasteiger partial charge in [0.2, 0.25) is 0 Å². The molecular weight excluding hydrogens is 299 g/mol. The van der Waals surface area contributed by atoms with E-state index in [-0.39, 0.29) is 18.0 Å². The Bertz CT molecular complexity index is 348. The molecule has 0 aliphatic rings. The summed E-state index contributed by atoms with van der Waals surface area (Å²) in [6.07, 6.45) is 2.80. The third-order valence-corrected chi connectivity index (χ3v) is 2.55. The third kappa shape index (κ3) is 3.85. The van der Waals surface area contributed by atoms with Crippen molar-refractivity contribution in [1.29, 1.82) is 0 Å². The van der Waals surface area contributed by atoms with Gasteiger partial charge in [0.05, 0.1) is 0 Å². The molecule has 2 N–H and O–H groups in total. The molecule has 0 fully saturated rings. The van der Waals surface area contributed by atoms with Crippen LogP contribution in [0.3, 0.4) is 0 Å². The smallest absolute Gasteiger partial charge is 0.132 e. The number of rotatable bonds is 4. The summed E-state index contributed by atoms with van der Waals surface area (Å²) in [7, 11) is 0. The summed E-state index contributed by atoms with van der Waals surface area (Å²) in [6, 6.07) is 1.80. The van der Waals surface area contributed by atoms with Gasteiger partial charge >= 0.3 is 0 Å². The monoisotopic (exact) mass is 311 g/mol. The van der Waals surface area contributed by atoms with Crippen LogP contribution < -0.4 is 5.73 Å². The first-order valence-corrected chi connectivity index (χ1v) is 5.36. The number of nitrogens with two attached hydrogens (primary N) is 1. The molecule has 1 rings (SSSR count). The van der Waals surface area contributed by atoms with Crippen LogP contribution in [0.25, 0.3) is 0 Å². The Morgan fingerprint density at radius 3 is 2.31 bits per heavy atom. The minimum Gasteiger partial charge on any atom is -0.324 e. The molecule has 0 aliphatic carbocycles. The van der Waals surface area contributed by atoms with E-state index in [2.05, 4.69) is 22.5 Å². The molecule has 0 aromatic heterocycles. The summed E-state index contributed by atoms with van der Waals surface area (Å²) in [6.45, 7) is 3.53. The standard InChI is InChI=1S/C11H12BrF2N.ClH/c1-2-3-4-10(15)11-8(13)5-7(12)6-9(11)14;/h2,5-6,10H,1,3-4,15H2;1H/t10-;/m1./s1. The first-order chi connectivity index (χ1) is 7.06. The van der Waals surface area contributed by atoms with Crippen LogP contribution in [0.1, 0.15) is 24.4 Å². The van der Waals surface area contributed by atoms with Crippen LogP contribution in [0.2, 0.25) is 0 Å². The Labute approximate surface area is 108 Å². The molecule has 0 amide bonds. The number of halogens is 4.